The first-order valence-corrected chi connectivity index (χ1v) is 21.9. The molecule has 0 amide bonds. The average molecular weight is 719 g/mol. The summed E-state index contributed by atoms with van der Waals surface area (Å²) >= 11 is 0. The van der Waals surface area contributed by atoms with E-state index in [0.717, 1.165) is 44.9 Å². The van der Waals surface area contributed by atoms with Gasteiger partial charge in [-0.15, -0.1) is 0 Å². The van der Waals surface area contributed by atoms with E-state index in [1.165, 1.54) is 116 Å². The fourth-order valence-corrected chi connectivity index (χ4v) is 6.33. The summed E-state index contributed by atoms with van der Waals surface area (Å²) in [5.74, 6) is -0.322. The van der Waals surface area contributed by atoms with Gasteiger partial charge in [0, 0.05) is 13.0 Å². The van der Waals surface area contributed by atoms with E-state index < -0.39 is 13.9 Å². The van der Waals surface area contributed by atoms with Crippen molar-refractivity contribution in [2.75, 3.05) is 54.1 Å². The number of quaternary nitrogens is 1. The van der Waals surface area contributed by atoms with Gasteiger partial charge in [0.15, 0.2) is 0 Å². The Hall–Kier alpha value is -0.760. The van der Waals surface area contributed by atoms with Gasteiger partial charge in [-0.1, -0.05) is 154 Å². The molecule has 9 heteroatoms. The Bertz CT molecular complexity index is 802. The molecule has 292 valence electrons. The molecule has 1 N–H and O–H groups in total. The molecule has 2 atom stereocenters. The molecule has 0 heterocycles. The van der Waals surface area contributed by atoms with E-state index in [-0.39, 0.29) is 25.8 Å². The minimum absolute atomic E-state index is 0.0899. The van der Waals surface area contributed by atoms with E-state index in [1.807, 2.05) is 21.1 Å². The summed E-state index contributed by atoms with van der Waals surface area (Å²) in [5.41, 5.74) is 0. The third kappa shape index (κ3) is 38.3. The Kier molecular flexibility index (Phi) is 33.8. The highest BCUT2D eigenvalue weighted by Gasteiger charge is 2.26. The molecule has 0 rings (SSSR count). The summed E-state index contributed by atoms with van der Waals surface area (Å²) in [4.78, 5) is 22.8. The van der Waals surface area contributed by atoms with Crippen LogP contribution in [0.2, 0.25) is 0 Å². The smallest absolute Gasteiger partial charge is 0.457 e. The molecule has 0 aromatic heterocycles. The topological polar surface area (TPSA) is 91.3 Å². The first-order valence-electron chi connectivity index (χ1n) is 20.4. The van der Waals surface area contributed by atoms with E-state index in [9.17, 15) is 14.3 Å². The maximum atomic E-state index is 12.6. The quantitative estimate of drug-likeness (QED) is 0.0223. The number of phosphoric ester groups is 1. The zero-order valence-electron chi connectivity index (χ0n) is 32.9. The Morgan fingerprint density at radius 2 is 1.08 bits per heavy atom. The van der Waals surface area contributed by atoms with Crippen LogP contribution in [0.25, 0.3) is 0 Å². The second-order valence-corrected chi connectivity index (χ2v) is 16.5. The molecule has 0 aromatic carbocycles. The average Bonchev–Trinajstić information content (AvgIpc) is 3.04. The number of allylic oxidation sites excluding steroid dienone is 2. The van der Waals surface area contributed by atoms with Gasteiger partial charge in [0.1, 0.15) is 19.3 Å². The van der Waals surface area contributed by atoms with Crippen molar-refractivity contribution in [2.45, 2.75) is 187 Å². The first-order chi connectivity index (χ1) is 23.6. The normalized spacial score (nSPS) is 14.0. The van der Waals surface area contributed by atoms with Crippen molar-refractivity contribution in [2.24, 2.45) is 0 Å². The molecule has 0 spiro atoms. The zero-order valence-corrected chi connectivity index (χ0v) is 33.8. The van der Waals surface area contributed by atoms with E-state index in [2.05, 4.69) is 26.0 Å². The number of hydrogen-bond donors (Lipinski definition) is 1. The highest BCUT2D eigenvalue weighted by molar-refractivity contribution is 7.47. The SMILES string of the molecule is CCCC/C=C\CCCCCCCC(=O)O[C@H](COCCCCCCCCCCCCCCCCCC)COP(=O)(O)OCC[N+](C)(C)C. The van der Waals surface area contributed by atoms with Gasteiger partial charge in [0.25, 0.3) is 0 Å². The van der Waals surface area contributed by atoms with Crippen LogP contribution in [0.5, 0.6) is 0 Å². The predicted molar refractivity (Wildman–Crippen MR) is 206 cm³/mol. The number of unbranched alkanes of at least 4 members (excludes halogenated alkanes) is 22. The van der Waals surface area contributed by atoms with Gasteiger partial charge < -0.3 is 18.9 Å². The monoisotopic (exact) mass is 719 g/mol. The maximum Gasteiger partial charge on any atom is 0.472 e. The van der Waals surface area contributed by atoms with Gasteiger partial charge >= 0.3 is 13.8 Å². The highest BCUT2D eigenvalue weighted by Crippen LogP contribution is 2.43. The van der Waals surface area contributed by atoms with Crippen molar-refractivity contribution in [1.29, 1.82) is 0 Å². The van der Waals surface area contributed by atoms with Crippen LogP contribution in [0, 0.1) is 0 Å². The van der Waals surface area contributed by atoms with Crippen LogP contribution in [-0.4, -0.2) is 75.6 Å². The van der Waals surface area contributed by atoms with E-state index in [4.69, 9.17) is 18.5 Å². The number of carbonyl (C=O) groups excluding carboxylic acids is 1. The number of carbonyl (C=O) groups is 1. The lowest BCUT2D eigenvalue weighted by molar-refractivity contribution is -0.870. The number of phosphoric acid groups is 1. The van der Waals surface area contributed by atoms with Crippen LogP contribution < -0.4 is 0 Å². The van der Waals surface area contributed by atoms with E-state index >= 15 is 0 Å². The Morgan fingerprint density at radius 1 is 0.612 bits per heavy atom. The number of esters is 1. The standard InChI is InChI=1S/C40H80NO7P/c1-6-8-10-12-14-16-18-19-20-21-22-24-26-28-30-32-35-45-37-39(38-47-49(43,44)46-36-34-41(3,4)5)48-40(42)33-31-29-27-25-23-17-15-13-11-9-7-2/h13,15,39H,6-12,14,16-38H2,1-5H3/p+1/b15-13-/t39-/m1/s1. The number of nitrogens with zero attached hydrogens (tertiary/aromatic N) is 1. The maximum absolute atomic E-state index is 12.6. The molecular formula is C40H81NO7P+. The molecule has 0 aliphatic rings. The van der Waals surface area contributed by atoms with Gasteiger partial charge in [-0.25, -0.2) is 4.57 Å². The molecule has 0 aromatic rings. The summed E-state index contributed by atoms with van der Waals surface area (Å²) in [7, 11) is 1.67. The molecule has 49 heavy (non-hydrogen) atoms. The van der Waals surface area contributed by atoms with Gasteiger partial charge in [0.05, 0.1) is 34.4 Å². The lowest BCUT2D eigenvalue weighted by atomic mass is 10.0. The van der Waals surface area contributed by atoms with E-state index in [0.29, 0.717) is 24.1 Å². The third-order valence-electron chi connectivity index (χ3n) is 8.83. The van der Waals surface area contributed by atoms with Gasteiger partial charge in [-0.2, -0.15) is 0 Å². The van der Waals surface area contributed by atoms with Crippen LogP contribution >= 0.6 is 7.82 Å². The van der Waals surface area contributed by atoms with Crippen molar-refractivity contribution in [3.8, 4) is 0 Å². The van der Waals surface area contributed by atoms with Crippen LogP contribution in [0.3, 0.4) is 0 Å². The molecule has 0 saturated carbocycles. The van der Waals surface area contributed by atoms with Gasteiger partial charge in [0.2, 0.25) is 0 Å². The molecule has 0 bridgehead atoms. The van der Waals surface area contributed by atoms with Gasteiger partial charge in [-0.05, 0) is 32.1 Å². The van der Waals surface area contributed by atoms with Crippen LogP contribution in [0.4, 0.5) is 0 Å². The molecule has 0 aliphatic carbocycles. The summed E-state index contributed by atoms with van der Waals surface area (Å²) in [6.07, 6.45) is 35.2. The van der Waals surface area contributed by atoms with Crippen molar-refractivity contribution in [3.63, 3.8) is 0 Å². The van der Waals surface area contributed by atoms with Gasteiger partial charge in [-0.3, -0.25) is 13.8 Å². The van der Waals surface area contributed by atoms with Crippen LogP contribution in [0.15, 0.2) is 12.2 Å². The fraction of sp³-hybridized carbons (Fsp3) is 0.925. The number of ether oxygens (including phenoxy) is 2. The van der Waals surface area contributed by atoms with E-state index in [1.54, 1.807) is 0 Å². The predicted octanol–water partition coefficient (Wildman–Crippen LogP) is 11.5. The lowest BCUT2D eigenvalue weighted by Gasteiger charge is -2.24. The van der Waals surface area contributed by atoms with Crippen molar-refractivity contribution < 1.29 is 37.3 Å². The lowest BCUT2D eigenvalue weighted by Crippen LogP contribution is -2.37. The third-order valence-corrected chi connectivity index (χ3v) is 9.81. The van der Waals surface area contributed by atoms with Crippen molar-refractivity contribution in [1.82, 2.24) is 0 Å². The molecule has 1 unspecified atom stereocenters. The van der Waals surface area contributed by atoms with Crippen molar-refractivity contribution in [3.05, 3.63) is 12.2 Å². The molecular weight excluding hydrogens is 637 g/mol. The Labute approximate surface area is 303 Å². The molecule has 0 saturated heterocycles. The molecule has 8 nitrogen and oxygen atoms in total. The molecule has 0 aliphatic heterocycles. The Morgan fingerprint density at radius 3 is 1.61 bits per heavy atom. The highest BCUT2D eigenvalue weighted by atomic mass is 31.2. The van der Waals surface area contributed by atoms with Crippen molar-refractivity contribution >= 4 is 13.8 Å². The minimum atomic E-state index is -4.26. The summed E-state index contributed by atoms with van der Waals surface area (Å²) in [5, 5.41) is 0. The summed E-state index contributed by atoms with van der Waals surface area (Å²) in [6, 6.07) is 0. The summed E-state index contributed by atoms with van der Waals surface area (Å²) < 4.78 is 34.9. The molecule has 0 fully saturated rings. The Balaban J connectivity index is 4.22. The van der Waals surface area contributed by atoms with Crippen LogP contribution in [0.1, 0.15) is 181 Å². The fourth-order valence-electron chi connectivity index (χ4n) is 5.59. The first kappa shape index (κ1) is 48.2. The number of rotatable bonds is 38. The number of hydrogen-bond acceptors (Lipinski definition) is 6. The minimum Gasteiger partial charge on any atom is -0.457 e. The zero-order chi connectivity index (χ0) is 36.3. The second-order valence-electron chi connectivity index (χ2n) is 15.0. The number of likely N-dealkylation sites (N-methyl/N-ethyl adjacent to an activating group) is 1. The van der Waals surface area contributed by atoms with Crippen LogP contribution in [-0.2, 0) is 27.9 Å². The largest absolute Gasteiger partial charge is 0.472 e. The molecule has 0 radical (unpaired) electrons. The summed E-state index contributed by atoms with van der Waals surface area (Å²) in [6.45, 7) is 5.60. The second kappa shape index (κ2) is 34.3.